The first-order valence-corrected chi connectivity index (χ1v) is 15.4. The number of nitrogens with one attached hydrogen (secondary N) is 2. The number of aromatic hydroxyl groups is 1. The summed E-state index contributed by atoms with van der Waals surface area (Å²) < 4.78 is 39.1. The van der Waals surface area contributed by atoms with E-state index in [-0.39, 0.29) is 34.7 Å². The third kappa shape index (κ3) is 6.32. The summed E-state index contributed by atoms with van der Waals surface area (Å²) in [6.45, 7) is 4.67. The van der Waals surface area contributed by atoms with Crippen molar-refractivity contribution in [3.05, 3.63) is 53.7 Å². The zero-order chi connectivity index (χ0) is 30.4. The number of phenols is 1. The predicted molar refractivity (Wildman–Crippen MR) is 155 cm³/mol. The molecular weight excluding hydrogens is 559 g/mol. The molecule has 3 atom stereocenters. The van der Waals surface area contributed by atoms with Gasteiger partial charge in [0.1, 0.15) is 11.6 Å². The highest BCUT2D eigenvalue weighted by Gasteiger charge is 2.56. The van der Waals surface area contributed by atoms with Gasteiger partial charge in [0.15, 0.2) is 0 Å². The molecular formula is C32H40F3N5O3. The maximum atomic E-state index is 13.0. The molecule has 3 unspecified atom stereocenters. The molecule has 5 aliphatic rings. The van der Waals surface area contributed by atoms with Gasteiger partial charge in [-0.25, -0.2) is 4.98 Å². The number of halogens is 3. The largest absolute Gasteiger partial charge is 0.507 e. The SMILES string of the molecule is CC(=O)NC12CC3CC(C1)C(CC(CNC(=O)c1ccccc1O)N1CCN(c4ccc(C(F)(F)F)cn4)CC1)C(C3)C2. The molecule has 3 N–H and O–H groups in total. The lowest BCUT2D eigenvalue weighted by Gasteiger charge is -2.61. The molecule has 7 rings (SSSR count). The van der Waals surface area contributed by atoms with Gasteiger partial charge in [0, 0.05) is 57.4 Å². The average Bonchev–Trinajstić information content (AvgIpc) is 2.95. The lowest BCUT2D eigenvalue weighted by atomic mass is 9.48. The zero-order valence-corrected chi connectivity index (χ0v) is 24.4. The van der Waals surface area contributed by atoms with E-state index in [0.717, 1.165) is 37.9 Å². The van der Waals surface area contributed by atoms with Crippen LogP contribution in [0.3, 0.4) is 0 Å². The van der Waals surface area contributed by atoms with E-state index in [1.165, 1.54) is 25.0 Å². The van der Waals surface area contributed by atoms with E-state index in [2.05, 4.69) is 20.5 Å². The van der Waals surface area contributed by atoms with Gasteiger partial charge in [-0.2, -0.15) is 13.2 Å². The van der Waals surface area contributed by atoms with E-state index in [4.69, 9.17) is 0 Å². The number of hydrogen-bond acceptors (Lipinski definition) is 6. The Morgan fingerprint density at radius 3 is 2.35 bits per heavy atom. The molecule has 2 amide bonds. The van der Waals surface area contributed by atoms with Crippen LogP contribution in [0.2, 0.25) is 0 Å². The Labute approximate surface area is 250 Å². The molecule has 4 bridgehead atoms. The van der Waals surface area contributed by atoms with Crippen molar-refractivity contribution in [1.82, 2.24) is 20.5 Å². The van der Waals surface area contributed by atoms with Crippen molar-refractivity contribution in [2.45, 2.75) is 63.2 Å². The Kier molecular flexibility index (Phi) is 8.04. The molecule has 1 aliphatic heterocycles. The maximum absolute atomic E-state index is 13.0. The van der Waals surface area contributed by atoms with E-state index in [9.17, 15) is 27.9 Å². The molecule has 4 saturated carbocycles. The molecule has 1 saturated heterocycles. The van der Waals surface area contributed by atoms with Crippen molar-refractivity contribution >= 4 is 17.6 Å². The number of aromatic nitrogens is 1. The molecule has 0 radical (unpaired) electrons. The van der Waals surface area contributed by atoms with Crippen LogP contribution in [0.25, 0.3) is 0 Å². The normalized spacial score (nSPS) is 29.3. The van der Waals surface area contributed by atoms with Crippen molar-refractivity contribution < 1.29 is 27.9 Å². The monoisotopic (exact) mass is 599 g/mol. The fraction of sp³-hybridized carbons (Fsp3) is 0.594. The van der Waals surface area contributed by atoms with Crippen molar-refractivity contribution in [1.29, 1.82) is 0 Å². The number of amides is 2. The fourth-order valence-electron chi connectivity index (χ4n) is 8.74. The zero-order valence-electron chi connectivity index (χ0n) is 24.4. The lowest BCUT2D eigenvalue weighted by molar-refractivity contribution is -0.137. The molecule has 0 spiro atoms. The second-order valence-electron chi connectivity index (χ2n) is 13.1. The first kappa shape index (κ1) is 29.7. The van der Waals surface area contributed by atoms with Gasteiger partial charge in [-0.05, 0) is 86.5 Å². The first-order valence-electron chi connectivity index (χ1n) is 15.4. The van der Waals surface area contributed by atoms with Gasteiger partial charge in [-0.3, -0.25) is 14.5 Å². The van der Waals surface area contributed by atoms with Crippen LogP contribution in [-0.2, 0) is 11.0 Å². The number of phenolic OH excluding ortho intramolecular Hbond substituents is 1. The minimum Gasteiger partial charge on any atom is -0.507 e. The number of benzene rings is 1. The third-order valence-electron chi connectivity index (χ3n) is 10.3. The summed E-state index contributed by atoms with van der Waals surface area (Å²) in [5, 5.41) is 16.6. The maximum Gasteiger partial charge on any atom is 0.417 e. The molecule has 8 nitrogen and oxygen atoms in total. The van der Waals surface area contributed by atoms with Gasteiger partial charge >= 0.3 is 6.18 Å². The van der Waals surface area contributed by atoms with Crippen LogP contribution in [0.4, 0.5) is 19.0 Å². The van der Waals surface area contributed by atoms with Crippen molar-refractivity contribution in [3.63, 3.8) is 0 Å². The highest BCUT2D eigenvalue weighted by molar-refractivity contribution is 5.96. The van der Waals surface area contributed by atoms with Crippen LogP contribution in [0.5, 0.6) is 5.75 Å². The minimum absolute atomic E-state index is 0.0451. The number of alkyl halides is 3. The molecule has 1 aromatic heterocycles. The summed E-state index contributed by atoms with van der Waals surface area (Å²) in [5.74, 6) is 2.42. The van der Waals surface area contributed by atoms with Crippen LogP contribution >= 0.6 is 0 Å². The van der Waals surface area contributed by atoms with Gasteiger partial charge in [-0.15, -0.1) is 0 Å². The Balaban J connectivity index is 1.15. The van der Waals surface area contributed by atoms with E-state index < -0.39 is 11.7 Å². The number of para-hydroxylation sites is 1. The number of pyridine rings is 1. The molecule has 5 fully saturated rings. The number of carbonyl (C=O) groups is 2. The van der Waals surface area contributed by atoms with Gasteiger partial charge in [0.05, 0.1) is 11.1 Å². The number of rotatable bonds is 8. The Bertz CT molecular complexity index is 1310. The fourth-order valence-corrected chi connectivity index (χ4v) is 8.74. The summed E-state index contributed by atoms with van der Waals surface area (Å²) in [5.41, 5.74) is -0.592. The number of hydrogen-bond donors (Lipinski definition) is 3. The molecule has 2 aromatic rings. The Morgan fingerprint density at radius 2 is 1.74 bits per heavy atom. The van der Waals surface area contributed by atoms with Crippen LogP contribution < -0.4 is 15.5 Å². The quantitative estimate of drug-likeness (QED) is 0.415. The van der Waals surface area contributed by atoms with Crippen molar-refractivity contribution in [3.8, 4) is 5.75 Å². The van der Waals surface area contributed by atoms with Gasteiger partial charge in [0.2, 0.25) is 5.91 Å². The van der Waals surface area contributed by atoms with Crippen LogP contribution in [0, 0.1) is 23.7 Å². The van der Waals surface area contributed by atoms with Crippen molar-refractivity contribution in [2.24, 2.45) is 23.7 Å². The molecule has 4 aliphatic carbocycles. The molecule has 43 heavy (non-hydrogen) atoms. The topological polar surface area (TPSA) is 97.8 Å². The van der Waals surface area contributed by atoms with E-state index in [1.54, 1.807) is 25.1 Å². The first-order chi connectivity index (χ1) is 20.5. The average molecular weight is 600 g/mol. The van der Waals surface area contributed by atoms with Gasteiger partial charge in [-0.1, -0.05) is 12.1 Å². The highest BCUT2D eigenvalue weighted by Crippen LogP contribution is 2.59. The second kappa shape index (κ2) is 11.6. The number of carbonyl (C=O) groups excluding carboxylic acids is 2. The highest BCUT2D eigenvalue weighted by atomic mass is 19.4. The summed E-state index contributed by atoms with van der Waals surface area (Å²) >= 11 is 0. The number of piperazine rings is 1. The second-order valence-corrected chi connectivity index (χ2v) is 13.1. The smallest absolute Gasteiger partial charge is 0.417 e. The lowest BCUT2D eigenvalue weighted by Crippen LogP contribution is -2.63. The van der Waals surface area contributed by atoms with E-state index >= 15 is 0 Å². The summed E-state index contributed by atoms with van der Waals surface area (Å²) in [4.78, 5) is 33.6. The van der Waals surface area contributed by atoms with Crippen LogP contribution in [0.15, 0.2) is 42.6 Å². The van der Waals surface area contributed by atoms with Crippen molar-refractivity contribution in [2.75, 3.05) is 37.6 Å². The minimum atomic E-state index is -4.42. The number of anilines is 1. The third-order valence-corrected chi connectivity index (χ3v) is 10.3. The predicted octanol–water partition coefficient (Wildman–Crippen LogP) is 4.45. The van der Waals surface area contributed by atoms with Gasteiger partial charge in [0.25, 0.3) is 5.91 Å². The standard InChI is InChI=1S/C32H40F3N5O3/c1-20(41)38-31-15-21-12-22(16-31)27(23(13-21)17-31)14-25(19-37-30(43)26-4-2-3-5-28(26)42)39-8-10-40(11-9-39)29-7-6-24(18-36-29)32(33,34)35/h2-7,18,21-23,25,27,42H,8-17,19H2,1H3,(H,37,43)(H,38,41). The van der Waals surface area contributed by atoms with Crippen LogP contribution in [0.1, 0.15) is 61.4 Å². The summed E-state index contributed by atoms with van der Waals surface area (Å²) in [6, 6.07) is 9.08. The van der Waals surface area contributed by atoms with Gasteiger partial charge < -0.3 is 20.6 Å². The summed E-state index contributed by atoms with van der Waals surface area (Å²) in [7, 11) is 0. The van der Waals surface area contributed by atoms with E-state index in [0.29, 0.717) is 62.2 Å². The van der Waals surface area contributed by atoms with E-state index in [1.807, 2.05) is 4.90 Å². The molecule has 2 heterocycles. The number of nitrogens with zero attached hydrogens (tertiary/aromatic N) is 3. The Morgan fingerprint density at radius 1 is 1.05 bits per heavy atom. The Hall–Kier alpha value is -3.34. The van der Waals surface area contributed by atoms with Crippen LogP contribution in [-0.4, -0.2) is 71.1 Å². The molecule has 232 valence electrons. The molecule has 1 aromatic carbocycles. The summed E-state index contributed by atoms with van der Waals surface area (Å²) in [6.07, 6.45) is 2.87. The molecule has 11 heteroatoms.